The molecule has 0 unspecified atom stereocenters. The molecule has 148 valence electrons. The van der Waals surface area contributed by atoms with Crippen molar-refractivity contribution in [2.75, 3.05) is 18.4 Å². The maximum absolute atomic E-state index is 11.5. The summed E-state index contributed by atoms with van der Waals surface area (Å²) in [7, 11) is 0. The van der Waals surface area contributed by atoms with E-state index in [2.05, 4.69) is 10.2 Å². The van der Waals surface area contributed by atoms with Crippen LogP contribution in [0.3, 0.4) is 0 Å². The summed E-state index contributed by atoms with van der Waals surface area (Å²) in [6.07, 6.45) is 1.12. The molecule has 1 aromatic carbocycles. The summed E-state index contributed by atoms with van der Waals surface area (Å²) in [5.41, 5.74) is 3.03. The number of aliphatic hydroxyl groups is 1. The van der Waals surface area contributed by atoms with E-state index in [-0.39, 0.29) is 17.8 Å². The van der Waals surface area contributed by atoms with Gasteiger partial charge in [-0.3, -0.25) is 14.5 Å². The van der Waals surface area contributed by atoms with Crippen LogP contribution in [0.4, 0.5) is 5.69 Å². The van der Waals surface area contributed by atoms with Crippen molar-refractivity contribution >= 4 is 28.7 Å². The minimum absolute atomic E-state index is 0.0463. The summed E-state index contributed by atoms with van der Waals surface area (Å²) >= 11 is 1.47. The van der Waals surface area contributed by atoms with Gasteiger partial charge in [0, 0.05) is 31.7 Å². The van der Waals surface area contributed by atoms with E-state index in [0.29, 0.717) is 19.4 Å². The molecule has 0 saturated carbocycles. The van der Waals surface area contributed by atoms with E-state index in [1.54, 1.807) is 6.92 Å². The minimum Gasteiger partial charge on any atom is -0.488 e. The molecule has 6 nitrogen and oxygen atoms in total. The number of Topliss-reactive ketones (excluding diaryl/α,β-unsaturated/α-hetero) is 1. The third-order valence-electron chi connectivity index (χ3n) is 5.27. The first-order chi connectivity index (χ1) is 13.5. The molecule has 2 aromatic rings. The number of hydrogen-bond acceptors (Lipinski definition) is 6. The fourth-order valence-corrected chi connectivity index (χ4v) is 4.57. The number of nitrogens with zero attached hydrogens (tertiary/aromatic N) is 1. The van der Waals surface area contributed by atoms with Crippen molar-refractivity contribution in [3.8, 4) is 5.75 Å². The van der Waals surface area contributed by atoms with Crippen LogP contribution in [0.5, 0.6) is 5.75 Å². The lowest BCUT2D eigenvalue weighted by Crippen LogP contribution is -2.48. The predicted octanol–water partition coefficient (Wildman–Crippen LogP) is 2.85. The molecule has 2 atom stereocenters. The second-order valence-corrected chi connectivity index (χ2v) is 8.40. The molecule has 1 saturated heterocycles. The predicted molar refractivity (Wildman–Crippen MR) is 108 cm³/mol. The van der Waals surface area contributed by atoms with Gasteiger partial charge in [-0.15, -0.1) is 11.3 Å². The number of ketones is 1. The summed E-state index contributed by atoms with van der Waals surface area (Å²) in [4.78, 5) is 25.9. The number of likely N-dealkylation sites (tertiary alicyclic amines) is 1. The van der Waals surface area contributed by atoms with Crippen LogP contribution in [0.25, 0.3) is 0 Å². The van der Waals surface area contributed by atoms with E-state index in [9.17, 15) is 14.7 Å². The van der Waals surface area contributed by atoms with Crippen molar-refractivity contribution in [3.05, 3.63) is 45.6 Å². The number of carbonyl (C=O) groups is 2. The molecule has 2 N–H and O–H groups in total. The number of nitrogens with one attached hydrogen (secondary N) is 1. The van der Waals surface area contributed by atoms with Crippen molar-refractivity contribution < 1.29 is 19.4 Å². The van der Waals surface area contributed by atoms with Crippen molar-refractivity contribution in [1.82, 2.24) is 4.90 Å². The van der Waals surface area contributed by atoms with E-state index in [1.807, 2.05) is 29.6 Å². The Morgan fingerprint density at radius 1 is 1.36 bits per heavy atom. The number of benzene rings is 1. The topological polar surface area (TPSA) is 78.9 Å². The molecule has 1 amide bonds. The number of aryl methyl sites for hydroxylation is 1. The van der Waals surface area contributed by atoms with Crippen LogP contribution < -0.4 is 10.1 Å². The number of β-amino-alcohol motifs (C(OH)–C–C–N with tert-alkyl or cyclic N) is 1. The Balaban J connectivity index is 1.34. The molecule has 3 heterocycles. The van der Waals surface area contributed by atoms with Gasteiger partial charge < -0.3 is 15.2 Å². The molecule has 0 radical (unpaired) electrons. The lowest BCUT2D eigenvalue weighted by molar-refractivity contribution is -0.116. The van der Waals surface area contributed by atoms with Gasteiger partial charge in [-0.1, -0.05) is 0 Å². The van der Waals surface area contributed by atoms with Gasteiger partial charge in [-0.2, -0.15) is 0 Å². The monoisotopic (exact) mass is 400 g/mol. The number of amides is 1. The summed E-state index contributed by atoms with van der Waals surface area (Å²) in [6.45, 7) is 3.67. The normalized spacial score (nSPS) is 22.4. The molecular weight excluding hydrogens is 376 g/mol. The maximum Gasteiger partial charge on any atom is 0.224 e. The van der Waals surface area contributed by atoms with Gasteiger partial charge in [-0.25, -0.2) is 0 Å². The van der Waals surface area contributed by atoms with Gasteiger partial charge in [-0.05, 0) is 60.5 Å². The molecule has 1 fully saturated rings. The Bertz CT molecular complexity index is 894. The number of thiophene rings is 1. The molecule has 2 aliphatic heterocycles. The van der Waals surface area contributed by atoms with E-state index in [4.69, 9.17) is 4.74 Å². The van der Waals surface area contributed by atoms with E-state index in [0.717, 1.165) is 47.0 Å². The highest BCUT2D eigenvalue weighted by Gasteiger charge is 2.29. The van der Waals surface area contributed by atoms with Crippen LogP contribution >= 0.6 is 11.3 Å². The molecule has 4 rings (SSSR count). The quantitative estimate of drug-likeness (QED) is 0.755. The van der Waals surface area contributed by atoms with Crippen LogP contribution in [-0.4, -0.2) is 47.0 Å². The Morgan fingerprint density at radius 3 is 2.96 bits per heavy atom. The minimum atomic E-state index is -0.574. The smallest absolute Gasteiger partial charge is 0.224 e. The Kier molecular flexibility index (Phi) is 5.48. The average Bonchev–Trinajstić information content (AvgIpc) is 3.13. The summed E-state index contributed by atoms with van der Waals surface area (Å²) in [6, 6.07) is 7.61. The Morgan fingerprint density at radius 2 is 2.21 bits per heavy atom. The molecule has 7 heteroatoms. The first-order valence-corrected chi connectivity index (χ1v) is 10.4. The number of ether oxygens (including phenoxy) is 1. The fraction of sp³-hybridized carbons (Fsp3) is 0.429. The van der Waals surface area contributed by atoms with Crippen LogP contribution in [0, 0.1) is 0 Å². The third-order valence-corrected chi connectivity index (χ3v) is 6.35. The number of hydrogen-bond donors (Lipinski definition) is 2. The highest BCUT2D eigenvalue weighted by atomic mass is 32.1. The highest BCUT2D eigenvalue weighted by Crippen LogP contribution is 2.29. The second-order valence-electron chi connectivity index (χ2n) is 7.49. The molecule has 2 aliphatic rings. The van der Waals surface area contributed by atoms with Crippen molar-refractivity contribution in [1.29, 1.82) is 0 Å². The highest BCUT2D eigenvalue weighted by molar-refractivity contribution is 7.12. The summed E-state index contributed by atoms with van der Waals surface area (Å²) in [5, 5.41) is 15.4. The van der Waals surface area contributed by atoms with Gasteiger partial charge in [0.15, 0.2) is 5.78 Å². The first-order valence-electron chi connectivity index (χ1n) is 9.56. The van der Waals surface area contributed by atoms with E-state index < -0.39 is 6.10 Å². The van der Waals surface area contributed by atoms with Crippen molar-refractivity contribution in [3.63, 3.8) is 0 Å². The zero-order chi connectivity index (χ0) is 19.7. The van der Waals surface area contributed by atoms with Gasteiger partial charge in [0.1, 0.15) is 18.0 Å². The Hall–Kier alpha value is -2.22. The Labute approximate surface area is 168 Å². The number of rotatable bonds is 5. The zero-order valence-electron chi connectivity index (χ0n) is 15.8. The number of anilines is 1. The number of fused-ring (bicyclic) bond motifs is 1. The fourth-order valence-electron chi connectivity index (χ4n) is 3.77. The summed E-state index contributed by atoms with van der Waals surface area (Å²) < 4.78 is 6.06. The second kappa shape index (κ2) is 8.03. The van der Waals surface area contributed by atoms with Crippen LogP contribution in [0.1, 0.15) is 40.6 Å². The lowest BCUT2D eigenvalue weighted by Gasteiger charge is -2.36. The van der Waals surface area contributed by atoms with Crippen LogP contribution in [0.2, 0.25) is 0 Å². The van der Waals surface area contributed by atoms with Crippen molar-refractivity contribution in [2.45, 2.75) is 44.9 Å². The van der Waals surface area contributed by atoms with Gasteiger partial charge in [0.05, 0.1) is 4.88 Å². The standard InChI is InChI=1S/C21H24N2O4S/c1-13(24)20-8-14(12-28-20)10-23-7-6-19(18(25)11-23)27-16-3-4-17-15(9-16)2-5-21(26)22-17/h3-4,8-9,12,18-19,25H,2,5-7,10-11H2,1H3,(H,22,26)/t18-,19-/m1/s1. The number of piperidine rings is 1. The average molecular weight is 401 g/mol. The van der Waals surface area contributed by atoms with Gasteiger partial charge in [0.25, 0.3) is 0 Å². The lowest BCUT2D eigenvalue weighted by atomic mass is 10.0. The maximum atomic E-state index is 11.5. The largest absolute Gasteiger partial charge is 0.488 e. The number of carbonyl (C=O) groups excluding carboxylic acids is 2. The SMILES string of the molecule is CC(=O)c1cc(CN2CC[C@@H](Oc3ccc4c(c3)CCC(=O)N4)[C@H](O)C2)cs1. The van der Waals surface area contributed by atoms with E-state index >= 15 is 0 Å². The molecule has 28 heavy (non-hydrogen) atoms. The van der Waals surface area contributed by atoms with Crippen molar-refractivity contribution in [2.24, 2.45) is 0 Å². The molecule has 0 bridgehead atoms. The molecular formula is C21H24N2O4S. The van der Waals surface area contributed by atoms with Crippen LogP contribution in [0.15, 0.2) is 29.6 Å². The van der Waals surface area contributed by atoms with Crippen LogP contribution in [-0.2, 0) is 17.8 Å². The van der Waals surface area contributed by atoms with Gasteiger partial charge in [0.2, 0.25) is 5.91 Å². The molecule has 0 aliphatic carbocycles. The molecule has 0 spiro atoms. The van der Waals surface area contributed by atoms with E-state index in [1.165, 1.54) is 11.3 Å². The number of aliphatic hydroxyl groups excluding tert-OH is 1. The summed E-state index contributed by atoms with van der Waals surface area (Å²) in [5.74, 6) is 0.870. The first kappa shape index (κ1) is 19.1. The zero-order valence-corrected chi connectivity index (χ0v) is 16.6. The van der Waals surface area contributed by atoms with Gasteiger partial charge >= 0.3 is 0 Å². The molecule has 1 aromatic heterocycles. The third kappa shape index (κ3) is 4.27.